The highest BCUT2D eigenvalue weighted by Crippen LogP contribution is 2.25. The first-order valence-corrected chi connectivity index (χ1v) is 6.97. The van der Waals surface area contributed by atoms with Crippen LogP contribution in [0.25, 0.3) is 0 Å². The maximum Gasteiger partial charge on any atom is 0.165 e. The molecule has 1 aromatic rings. The smallest absolute Gasteiger partial charge is 0.165 e. The summed E-state index contributed by atoms with van der Waals surface area (Å²) in [6, 6.07) is 4.96. The zero-order chi connectivity index (χ0) is 14.7. The van der Waals surface area contributed by atoms with E-state index in [9.17, 15) is 4.39 Å². The SMILES string of the molecule is COc1ccc(C(N)C2CN(C(C)C)CCO2)cc1F. The molecular formula is C15H23FN2O2. The van der Waals surface area contributed by atoms with Crippen molar-refractivity contribution in [2.24, 2.45) is 5.73 Å². The standard InChI is InChI=1S/C15H23FN2O2/c1-10(2)18-6-7-20-14(9-18)15(17)11-4-5-13(19-3)12(16)8-11/h4-5,8,10,14-15H,6-7,9,17H2,1-3H3. The predicted octanol–water partition coefficient (Wildman–Crippen LogP) is 1.94. The number of hydrogen-bond donors (Lipinski definition) is 1. The van der Waals surface area contributed by atoms with Crippen molar-refractivity contribution in [2.45, 2.75) is 32.0 Å². The summed E-state index contributed by atoms with van der Waals surface area (Å²) in [6.07, 6.45) is -0.112. The lowest BCUT2D eigenvalue weighted by Crippen LogP contribution is -2.49. The van der Waals surface area contributed by atoms with Gasteiger partial charge in [0, 0.05) is 19.1 Å². The Hall–Kier alpha value is -1.17. The van der Waals surface area contributed by atoms with E-state index < -0.39 is 5.82 Å². The first-order valence-electron chi connectivity index (χ1n) is 6.97. The molecule has 1 fully saturated rings. The summed E-state index contributed by atoms with van der Waals surface area (Å²) in [6.45, 7) is 6.65. The fraction of sp³-hybridized carbons (Fsp3) is 0.600. The molecule has 1 aliphatic rings. The van der Waals surface area contributed by atoms with E-state index >= 15 is 0 Å². The minimum absolute atomic E-state index is 0.112. The maximum absolute atomic E-state index is 13.8. The summed E-state index contributed by atoms with van der Waals surface area (Å²) in [7, 11) is 1.45. The summed E-state index contributed by atoms with van der Waals surface area (Å²) in [5, 5.41) is 0. The Morgan fingerprint density at radius 1 is 1.45 bits per heavy atom. The van der Waals surface area contributed by atoms with Crippen LogP contribution in [0.5, 0.6) is 5.75 Å². The normalized spacial score (nSPS) is 22.0. The number of rotatable bonds is 4. The van der Waals surface area contributed by atoms with E-state index in [0.717, 1.165) is 18.7 Å². The molecule has 0 aliphatic carbocycles. The Morgan fingerprint density at radius 3 is 2.80 bits per heavy atom. The highest BCUT2D eigenvalue weighted by molar-refractivity contribution is 5.31. The van der Waals surface area contributed by atoms with Crippen molar-refractivity contribution in [3.63, 3.8) is 0 Å². The van der Waals surface area contributed by atoms with Gasteiger partial charge in [-0.25, -0.2) is 4.39 Å². The lowest BCUT2D eigenvalue weighted by Gasteiger charge is -2.38. The van der Waals surface area contributed by atoms with Gasteiger partial charge in [-0.2, -0.15) is 0 Å². The van der Waals surface area contributed by atoms with Crippen LogP contribution in [0.2, 0.25) is 0 Å². The molecule has 0 spiro atoms. The number of morpholine rings is 1. The monoisotopic (exact) mass is 282 g/mol. The van der Waals surface area contributed by atoms with Crippen molar-refractivity contribution in [3.8, 4) is 5.75 Å². The molecule has 112 valence electrons. The van der Waals surface area contributed by atoms with Crippen LogP contribution >= 0.6 is 0 Å². The largest absolute Gasteiger partial charge is 0.494 e. The van der Waals surface area contributed by atoms with Gasteiger partial charge in [-0.3, -0.25) is 4.90 Å². The van der Waals surface area contributed by atoms with Crippen LogP contribution in [-0.4, -0.2) is 43.9 Å². The van der Waals surface area contributed by atoms with E-state index in [1.165, 1.54) is 13.2 Å². The van der Waals surface area contributed by atoms with E-state index in [-0.39, 0.29) is 17.9 Å². The van der Waals surface area contributed by atoms with Crippen LogP contribution in [0.1, 0.15) is 25.5 Å². The predicted molar refractivity (Wildman–Crippen MR) is 76.3 cm³/mol. The number of nitrogens with zero attached hydrogens (tertiary/aromatic N) is 1. The molecule has 20 heavy (non-hydrogen) atoms. The van der Waals surface area contributed by atoms with Gasteiger partial charge in [0.1, 0.15) is 0 Å². The lowest BCUT2D eigenvalue weighted by molar-refractivity contribution is -0.0502. The Morgan fingerprint density at radius 2 is 2.20 bits per heavy atom. The van der Waals surface area contributed by atoms with Crippen molar-refractivity contribution in [1.29, 1.82) is 0 Å². The topological polar surface area (TPSA) is 47.7 Å². The number of nitrogens with two attached hydrogens (primary N) is 1. The minimum Gasteiger partial charge on any atom is -0.494 e. The van der Waals surface area contributed by atoms with Crippen LogP contribution in [0.3, 0.4) is 0 Å². The average Bonchev–Trinajstić information content (AvgIpc) is 2.46. The molecule has 2 atom stereocenters. The molecule has 0 aromatic heterocycles. The molecule has 2 unspecified atom stereocenters. The van der Waals surface area contributed by atoms with E-state index in [4.69, 9.17) is 15.2 Å². The fourth-order valence-corrected chi connectivity index (χ4v) is 2.49. The van der Waals surface area contributed by atoms with Gasteiger partial charge in [0.15, 0.2) is 11.6 Å². The van der Waals surface area contributed by atoms with Crippen LogP contribution < -0.4 is 10.5 Å². The molecule has 0 saturated carbocycles. The lowest BCUT2D eigenvalue weighted by atomic mass is 10.00. The van der Waals surface area contributed by atoms with Gasteiger partial charge in [-0.15, -0.1) is 0 Å². The van der Waals surface area contributed by atoms with Crippen molar-refractivity contribution in [1.82, 2.24) is 4.90 Å². The second-order valence-corrected chi connectivity index (χ2v) is 5.42. The van der Waals surface area contributed by atoms with Crippen molar-refractivity contribution in [2.75, 3.05) is 26.8 Å². The Labute approximate surface area is 119 Å². The molecule has 1 saturated heterocycles. The molecular weight excluding hydrogens is 259 g/mol. The van der Waals surface area contributed by atoms with Gasteiger partial charge in [0.05, 0.1) is 25.9 Å². The summed E-state index contributed by atoms with van der Waals surface area (Å²) in [5.74, 6) is -0.161. The highest BCUT2D eigenvalue weighted by Gasteiger charge is 2.28. The second-order valence-electron chi connectivity index (χ2n) is 5.42. The first kappa shape index (κ1) is 15.2. The Kier molecular flexibility index (Phi) is 4.96. The van der Waals surface area contributed by atoms with Gasteiger partial charge >= 0.3 is 0 Å². The molecule has 1 heterocycles. The molecule has 1 aliphatic heterocycles. The van der Waals surface area contributed by atoms with Gasteiger partial charge < -0.3 is 15.2 Å². The summed E-state index contributed by atoms with van der Waals surface area (Å²) >= 11 is 0. The van der Waals surface area contributed by atoms with Gasteiger partial charge in [-0.05, 0) is 31.5 Å². The molecule has 0 amide bonds. The van der Waals surface area contributed by atoms with Crippen LogP contribution in [0, 0.1) is 5.82 Å². The van der Waals surface area contributed by atoms with Gasteiger partial charge in [0.2, 0.25) is 0 Å². The van der Waals surface area contributed by atoms with Gasteiger partial charge in [-0.1, -0.05) is 6.07 Å². The highest BCUT2D eigenvalue weighted by atomic mass is 19.1. The third-order valence-electron chi connectivity index (χ3n) is 3.82. The van der Waals surface area contributed by atoms with Crippen molar-refractivity contribution in [3.05, 3.63) is 29.6 Å². The Bertz CT molecular complexity index is 453. The zero-order valence-electron chi connectivity index (χ0n) is 12.3. The van der Waals surface area contributed by atoms with Crippen LogP contribution in [0.15, 0.2) is 18.2 Å². The van der Waals surface area contributed by atoms with Crippen LogP contribution in [0.4, 0.5) is 4.39 Å². The van der Waals surface area contributed by atoms with E-state index in [1.807, 2.05) is 0 Å². The number of methoxy groups -OCH3 is 1. The molecule has 2 N–H and O–H groups in total. The van der Waals surface area contributed by atoms with Crippen molar-refractivity contribution < 1.29 is 13.9 Å². The summed E-state index contributed by atoms with van der Waals surface area (Å²) in [5.41, 5.74) is 6.97. The number of halogens is 1. The first-order chi connectivity index (χ1) is 9.52. The Balaban J connectivity index is 2.10. The van der Waals surface area contributed by atoms with E-state index in [0.29, 0.717) is 12.6 Å². The summed E-state index contributed by atoms with van der Waals surface area (Å²) in [4.78, 5) is 2.33. The minimum atomic E-state index is -0.392. The fourth-order valence-electron chi connectivity index (χ4n) is 2.49. The third-order valence-corrected chi connectivity index (χ3v) is 3.82. The number of benzene rings is 1. The number of ether oxygens (including phenoxy) is 2. The third kappa shape index (κ3) is 3.29. The molecule has 2 rings (SSSR count). The summed E-state index contributed by atoms with van der Waals surface area (Å²) < 4.78 is 24.4. The van der Waals surface area contributed by atoms with E-state index in [2.05, 4.69) is 18.7 Å². The molecule has 1 aromatic carbocycles. The molecule has 4 nitrogen and oxygen atoms in total. The average molecular weight is 282 g/mol. The van der Waals surface area contributed by atoms with Crippen LogP contribution in [-0.2, 0) is 4.74 Å². The van der Waals surface area contributed by atoms with E-state index in [1.54, 1.807) is 12.1 Å². The van der Waals surface area contributed by atoms with Gasteiger partial charge in [0.25, 0.3) is 0 Å². The molecule has 5 heteroatoms. The zero-order valence-corrected chi connectivity index (χ0v) is 12.3. The number of hydrogen-bond acceptors (Lipinski definition) is 4. The quantitative estimate of drug-likeness (QED) is 0.917. The maximum atomic E-state index is 13.8. The molecule has 0 bridgehead atoms. The second kappa shape index (κ2) is 6.52. The molecule has 0 radical (unpaired) electrons. The van der Waals surface area contributed by atoms with Crippen molar-refractivity contribution >= 4 is 0 Å².